The molecule has 0 atom stereocenters. The second kappa shape index (κ2) is 5.04. The summed E-state index contributed by atoms with van der Waals surface area (Å²) in [5.41, 5.74) is 4.35. The van der Waals surface area contributed by atoms with Crippen LogP contribution in [0.15, 0.2) is 41.3 Å². The van der Waals surface area contributed by atoms with Gasteiger partial charge in [0.25, 0.3) is 10.0 Å². The van der Waals surface area contributed by atoms with Gasteiger partial charge in [-0.05, 0) is 30.3 Å². The zero-order chi connectivity index (χ0) is 14.9. The molecule has 2 rings (SSSR count). The average Bonchev–Trinajstić information content (AvgIpc) is 2.36. The maximum absolute atomic E-state index is 13.5. The van der Waals surface area contributed by atoms with E-state index in [-0.39, 0.29) is 4.90 Å². The molecule has 0 heterocycles. The summed E-state index contributed by atoms with van der Waals surface area (Å²) in [5.74, 6) is -2.71. The fourth-order valence-electron chi connectivity index (χ4n) is 1.46. The third-order valence-electron chi connectivity index (χ3n) is 2.45. The van der Waals surface area contributed by atoms with Crippen molar-refractivity contribution in [3.8, 4) is 0 Å². The van der Waals surface area contributed by atoms with Gasteiger partial charge in [-0.2, -0.15) is 0 Å². The summed E-state index contributed by atoms with van der Waals surface area (Å²) in [6.45, 7) is 0. The first-order chi connectivity index (χ1) is 9.29. The van der Waals surface area contributed by atoms with Gasteiger partial charge < -0.3 is 5.73 Å². The Labute approximate surface area is 113 Å². The molecule has 2 aromatic rings. The second-order valence-electron chi connectivity index (χ2n) is 3.91. The molecule has 4 nitrogen and oxygen atoms in total. The van der Waals surface area contributed by atoms with Gasteiger partial charge in [0.15, 0.2) is 0 Å². The van der Waals surface area contributed by atoms with Crippen molar-refractivity contribution in [2.24, 2.45) is 0 Å². The Morgan fingerprint density at radius 3 is 2.15 bits per heavy atom. The number of benzene rings is 2. The summed E-state index contributed by atoms with van der Waals surface area (Å²) in [5, 5.41) is 0. The largest absolute Gasteiger partial charge is 0.396 e. The van der Waals surface area contributed by atoms with Crippen molar-refractivity contribution < 1.29 is 21.6 Å². The van der Waals surface area contributed by atoms with E-state index in [9.17, 15) is 21.6 Å². The van der Waals surface area contributed by atoms with Crippen molar-refractivity contribution in [2.45, 2.75) is 4.90 Å². The van der Waals surface area contributed by atoms with Crippen LogP contribution >= 0.6 is 0 Å². The van der Waals surface area contributed by atoms with Gasteiger partial charge in [-0.3, -0.25) is 4.72 Å². The number of nitrogens with two attached hydrogens (primary N) is 1. The molecule has 0 aromatic heterocycles. The number of nitrogens with one attached hydrogen (secondary N) is 1. The number of hydrogen-bond acceptors (Lipinski definition) is 3. The lowest BCUT2D eigenvalue weighted by Gasteiger charge is -2.10. The maximum atomic E-state index is 13.5. The predicted octanol–water partition coefficient (Wildman–Crippen LogP) is 2.49. The van der Waals surface area contributed by atoms with Crippen molar-refractivity contribution in [1.29, 1.82) is 0 Å². The van der Waals surface area contributed by atoms with Crippen LogP contribution in [-0.4, -0.2) is 8.42 Å². The Bertz CT molecular complexity index is 746. The average molecular weight is 302 g/mol. The van der Waals surface area contributed by atoms with E-state index < -0.39 is 38.8 Å². The number of halogens is 3. The zero-order valence-electron chi connectivity index (χ0n) is 9.90. The van der Waals surface area contributed by atoms with Gasteiger partial charge in [0.1, 0.15) is 17.5 Å². The minimum absolute atomic E-state index is 0.263. The highest BCUT2D eigenvalue weighted by Gasteiger charge is 2.17. The number of sulfonamides is 1. The van der Waals surface area contributed by atoms with Gasteiger partial charge in [-0.1, -0.05) is 0 Å². The van der Waals surface area contributed by atoms with Crippen molar-refractivity contribution in [1.82, 2.24) is 0 Å². The van der Waals surface area contributed by atoms with Crippen LogP contribution in [0.1, 0.15) is 0 Å². The molecular weight excluding hydrogens is 293 g/mol. The van der Waals surface area contributed by atoms with Crippen LogP contribution in [0.5, 0.6) is 0 Å². The van der Waals surface area contributed by atoms with Crippen LogP contribution in [0.25, 0.3) is 0 Å². The SMILES string of the molecule is Nc1cc(NS(=O)(=O)c2ccc(F)cc2)c(F)cc1F. The molecule has 0 aliphatic heterocycles. The maximum Gasteiger partial charge on any atom is 0.261 e. The first-order valence-corrected chi connectivity index (χ1v) is 6.81. The monoisotopic (exact) mass is 302 g/mol. The lowest BCUT2D eigenvalue weighted by Crippen LogP contribution is -2.14. The summed E-state index contributed by atoms with van der Waals surface area (Å²) in [7, 11) is -4.12. The normalized spacial score (nSPS) is 11.3. The second-order valence-corrected chi connectivity index (χ2v) is 5.60. The molecule has 0 radical (unpaired) electrons. The Morgan fingerprint density at radius 2 is 1.55 bits per heavy atom. The van der Waals surface area contributed by atoms with E-state index >= 15 is 0 Å². The third-order valence-corrected chi connectivity index (χ3v) is 3.84. The molecule has 2 aromatic carbocycles. The molecule has 0 spiro atoms. The molecule has 0 aliphatic rings. The standard InChI is InChI=1S/C12H9F3N2O2S/c13-7-1-3-8(4-2-7)20(18,19)17-12-6-11(16)9(14)5-10(12)15/h1-6,17H,16H2. The highest BCUT2D eigenvalue weighted by molar-refractivity contribution is 7.92. The van der Waals surface area contributed by atoms with Crippen LogP contribution in [0.4, 0.5) is 24.5 Å². The molecule has 0 unspecified atom stereocenters. The van der Waals surface area contributed by atoms with Crippen LogP contribution in [-0.2, 0) is 10.0 Å². The molecule has 3 N–H and O–H groups in total. The third kappa shape index (κ3) is 2.85. The number of nitrogen functional groups attached to an aromatic ring is 1. The van der Waals surface area contributed by atoms with Crippen molar-refractivity contribution in [3.05, 3.63) is 53.8 Å². The topological polar surface area (TPSA) is 72.2 Å². The Hall–Kier alpha value is -2.22. The molecule has 106 valence electrons. The fraction of sp³-hybridized carbons (Fsp3) is 0. The van der Waals surface area contributed by atoms with Crippen molar-refractivity contribution >= 4 is 21.4 Å². The molecule has 0 fully saturated rings. The lowest BCUT2D eigenvalue weighted by molar-refractivity contribution is 0.585. The van der Waals surface area contributed by atoms with Gasteiger partial charge in [0.2, 0.25) is 0 Å². The smallest absolute Gasteiger partial charge is 0.261 e. The number of anilines is 2. The number of rotatable bonds is 3. The summed E-state index contributed by atoms with van der Waals surface area (Å²) >= 11 is 0. The Balaban J connectivity index is 2.38. The summed E-state index contributed by atoms with van der Waals surface area (Å²) in [6, 6.07) is 5.22. The Kier molecular flexibility index (Phi) is 3.58. The van der Waals surface area contributed by atoms with E-state index in [1.807, 2.05) is 4.72 Å². The molecule has 20 heavy (non-hydrogen) atoms. The molecule has 0 saturated heterocycles. The van der Waals surface area contributed by atoms with E-state index in [1.165, 1.54) is 0 Å². The van der Waals surface area contributed by atoms with Gasteiger partial charge in [0.05, 0.1) is 16.3 Å². The molecule has 0 aliphatic carbocycles. The minimum atomic E-state index is -4.12. The van der Waals surface area contributed by atoms with Crippen LogP contribution in [0.3, 0.4) is 0 Å². The van der Waals surface area contributed by atoms with E-state index in [2.05, 4.69) is 0 Å². The highest BCUT2D eigenvalue weighted by Crippen LogP contribution is 2.24. The van der Waals surface area contributed by atoms with Crippen LogP contribution in [0, 0.1) is 17.5 Å². The number of hydrogen-bond donors (Lipinski definition) is 2. The molecule has 8 heteroatoms. The molecule has 0 amide bonds. The molecular formula is C12H9F3N2O2S. The fourth-order valence-corrected chi connectivity index (χ4v) is 2.52. The lowest BCUT2D eigenvalue weighted by atomic mass is 10.2. The first kappa shape index (κ1) is 14.2. The van der Waals surface area contributed by atoms with E-state index in [0.717, 1.165) is 30.3 Å². The molecule has 0 bridgehead atoms. The minimum Gasteiger partial charge on any atom is -0.396 e. The van der Waals surface area contributed by atoms with Crippen molar-refractivity contribution in [2.75, 3.05) is 10.5 Å². The van der Waals surface area contributed by atoms with Crippen LogP contribution < -0.4 is 10.5 Å². The van der Waals surface area contributed by atoms with Gasteiger partial charge in [-0.25, -0.2) is 21.6 Å². The molecule has 0 saturated carbocycles. The first-order valence-electron chi connectivity index (χ1n) is 5.32. The van der Waals surface area contributed by atoms with E-state index in [1.54, 1.807) is 0 Å². The van der Waals surface area contributed by atoms with E-state index in [4.69, 9.17) is 5.73 Å². The van der Waals surface area contributed by atoms with E-state index in [0.29, 0.717) is 6.07 Å². The van der Waals surface area contributed by atoms with Crippen LogP contribution in [0.2, 0.25) is 0 Å². The summed E-state index contributed by atoms with van der Waals surface area (Å²) < 4.78 is 64.9. The quantitative estimate of drug-likeness (QED) is 0.856. The Morgan fingerprint density at radius 1 is 0.950 bits per heavy atom. The van der Waals surface area contributed by atoms with Gasteiger partial charge >= 0.3 is 0 Å². The summed E-state index contributed by atoms with van der Waals surface area (Å²) in [6.07, 6.45) is 0. The highest BCUT2D eigenvalue weighted by atomic mass is 32.2. The zero-order valence-corrected chi connectivity index (χ0v) is 10.7. The van der Waals surface area contributed by atoms with Gasteiger partial charge in [-0.15, -0.1) is 0 Å². The van der Waals surface area contributed by atoms with Gasteiger partial charge in [0, 0.05) is 6.07 Å². The summed E-state index contributed by atoms with van der Waals surface area (Å²) in [4.78, 5) is -0.263. The predicted molar refractivity (Wildman–Crippen MR) is 68.0 cm³/mol. The van der Waals surface area contributed by atoms with Crippen molar-refractivity contribution in [3.63, 3.8) is 0 Å².